The first-order valence-corrected chi connectivity index (χ1v) is 7.52. The number of nitrogens with one attached hydrogen (secondary N) is 1. The van der Waals surface area contributed by atoms with E-state index in [4.69, 9.17) is 0 Å². The molecule has 0 atom stereocenters. The van der Waals surface area contributed by atoms with Crippen molar-refractivity contribution in [3.63, 3.8) is 0 Å². The van der Waals surface area contributed by atoms with E-state index in [9.17, 15) is 18.0 Å². The Morgan fingerprint density at radius 3 is 2.36 bits per heavy atom. The fourth-order valence-corrected chi connectivity index (χ4v) is 2.13. The highest BCUT2D eigenvalue weighted by Crippen LogP contribution is 2.26. The minimum atomic E-state index is -1.44. The van der Waals surface area contributed by atoms with Crippen molar-refractivity contribution in [1.82, 2.24) is 5.32 Å². The average molecular weight is 317 g/mol. The number of rotatable bonds is 9. The van der Waals surface area contributed by atoms with Crippen LogP contribution in [0.1, 0.15) is 55.8 Å². The van der Waals surface area contributed by atoms with Gasteiger partial charge in [-0.25, -0.2) is 8.78 Å². The zero-order valence-corrected chi connectivity index (χ0v) is 13.0. The molecule has 0 unspecified atom stereocenters. The van der Waals surface area contributed by atoms with Crippen molar-refractivity contribution in [2.75, 3.05) is 13.7 Å². The molecule has 0 radical (unpaired) electrons. The molecule has 0 aliphatic heterocycles. The van der Waals surface area contributed by atoms with Crippen molar-refractivity contribution in [1.29, 1.82) is 0 Å². The van der Waals surface area contributed by atoms with Gasteiger partial charge in [-0.2, -0.15) is 4.39 Å². The van der Waals surface area contributed by atoms with Crippen LogP contribution in [-0.2, 0) is 0 Å². The molecule has 0 aromatic heterocycles. The molecule has 0 aliphatic carbocycles. The Morgan fingerprint density at radius 1 is 1.09 bits per heavy atom. The van der Waals surface area contributed by atoms with Crippen LogP contribution < -0.4 is 10.1 Å². The van der Waals surface area contributed by atoms with Crippen molar-refractivity contribution in [3.8, 4) is 5.75 Å². The van der Waals surface area contributed by atoms with Gasteiger partial charge in [-0.05, 0) is 12.5 Å². The number of benzene rings is 1. The third kappa shape index (κ3) is 4.93. The Hall–Kier alpha value is -1.72. The zero-order chi connectivity index (χ0) is 16.5. The number of carbonyl (C=O) groups is 1. The Bertz CT molecular complexity index is 507. The van der Waals surface area contributed by atoms with Crippen LogP contribution >= 0.6 is 0 Å². The summed E-state index contributed by atoms with van der Waals surface area (Å²) in [4.78, 5) is 11.8. The van der Waals surface area contributed by atoms with E-state index < -0.39 is 34.7 Å². The van der Waals surface area contributed by atoms with E-state index in [0.29, 0.717) is 12.6 Å². The number of hydrogen-bond acceptors (Lipinski definition) is 2. The number of amides is 1. The normalized spacial score (nSPS) is 10.6. The predicted octanol–water partition coefficient (Wildman–Crippen LogP) is 4.20. The molecular formula is C16H22F3NO2. The largest absolute Gasteiger partial charge is 0.491 e. The first kappa shape index (κ1) is 18.3. The monoisotopic (exact) mass is 317 g/mol. The Labute approximate surface area is 128 Å². The van der Waals surface area contributed by atoms with Gasteiger partial charge < -0.3 is 10.1 Å². The molecule has 0 aliphatic rings. The van der Waals surface area contributed by atoms with Gasteiger partial charge in [0.2, 0.25) is 5.82 Å². The van der Waals surface area contributed by atoms with Gasteiger partial charge in [0.05, 0.1) is 12.7 Å². The van der Waals surface area contributed by atoms with Crippen molar-refractivity contribution < 1.29 is 22.7 Å². The quantitative estimate of drug-likeness (QED) is 0.547. The van der Waals surface area contributed by atoms with Gasteiger partial charge >= 0.3 is 0 Å². The van der Waals surface area contributed by atoms with E-state index in [1.807, 2.05) is 0 Å². The molecule has 1 amide bonds. The molecule has 0 bridgehead atoms. The number of halogens is 3. The van der Waals surface area contributed by atoms with Crippen LogP contribution in [0, 0.1) is 17.5 Å². The third-order valence-corrected chi connectivity index (χ3v) is 3.38. The molecular weight excluding hydrogens is 295 g/mol. The summed E-state index contributed by atoms with van der Waals surface area (Å²) in [5.74, 6) is -5.61. The zero-order valence-electron chi connectivity index (χ0n) is 13.0. The molecule has 1 aromatic rings. The summed E-state index contributed by atoms with van der Waals surface area (Å²) in [5.41, 5.74) is -0.554. The molecule has 0 saturated heterocycles. The smallest absolute Gasteiger partial charge is 0.254 e. The molecule has 0 saturated carbocycles. The molecule has 0 fully saturated rings. The number of ether oxygens (including phenoxy) is 1. The number of carbonyl (C=O) groups excluding carboxylic acids is 1. The van der Waals surface area contributed by atoms with Gasteiger partial charge in [0.25, 0.3) is 5.91 Å². The lowest BCUT2D eigenvalue weighted by molar-refractivity contribution is 0.0947. The molecule has 1 aromatic carbocycles. The second kappa shape index (κ2) is 9.33. The first-order valence-electron chi connectivity index (χ1n) is 7.52. The maximum atomic E-state index is 13.9. The van der Waals surface area contributed by atoms with Crippen LogP contribution in [0.4, 0.5) is 13.2 Å². The lowest BCUT2D eigenvalue weighted by Crippen LogP contribution is -2.26. The number of unbranched alkanes of at least 4 members (excludes halogenated alkanes) is 5. The van der Waals surface area contributed by atoms with Crippen LogP contribution in [-0.4, -0.2) is 19.6 Å². The summed E-state index contributed by atoms with van der Waals surface area (Å²) in [6, 6.07) is 0.545. The van der Waals surface area contributed by atoms with Gasteiger partial charge in [-0.1, -0.05) is 39.0 Å². The molecule has 0 spiro atoms. The van der Waals surface area contributed by atoms with Crippen molar-refractivity contribution >= 4 is 5.91 Å². The Morgan fingerprint density at radius 2 is 1.73 bits per heavy atom. The van der Waals surface area contributed by atoms with Crippen molar-refractivity contribution in [2.45, 2.75) is 45.4 Å². The highest BCUT2D eigenvalue weighted by molar-refractivity contribution is 5.95. The fraction of sp³-hybridized carbons (Fsp3) is 0.562. The standard InChI is InChI=1S/C16H22F3NO2/c1-3-4-5-6-7-8-9-20-16(21)11-10-12(17)14(19)15(22-2)13(11)18/h10H,3-9H2,1-2H3,(H,20,21). The fourth-order valence-electron chi connectivity index (χ4n) is 2.13. The molecule has 6 heteroatoms. The van der Waals surface area contributed by atoms with E-state index in [-0.39, 0.29) is 0 Å². The van der Waals surface area contributed by atoms with Crippen LogP contribution in [0.15, 0.2) is 6.07 Å². The molecule has 22 heavy (non-hydrogen) atoms. The van der Waals surface area contributed by atoms with E-state index in [1.54, 1.807) is 0 Å². The average Bonchev–Trinajstić information content (AvgIpc) is 2.50. The van der Waals surface area contributed by atoms with Gasteiger partial charge in [0.1, 0.15) is 0 Å². The minimum Gasteiger partial charge on any atom is -0.491 e. The van der Waals surface area contributed by atoms with Crippen LogP contribution in [0.5, 0.6) is 5.75 Å². The topological polar surface area (TPSA) is 38.3 Å². The Balaban J connectivity index is 2.54. The van der Waals surface area contributed by atoms with Crippen molar-refractivity contribution in [3.05, 3.63) is 29.1 Å². The predicted molar refractivity (Wildman–Crippen MR) is 78.6 cm³/mol. The summed E-state index contributed by atoms with van der Waals surface area (Å²) in [6.07, 6.45) is 6.30. The van der Waals surface area contributed by atoms with E-state index in [1.165, 1.54) is 6.42 Å². The minimum absolute atomic E-state index is 0.367. The maximum absolute atomic E-state index is 13.9. The second-order valence-electron chi connectivity index (χ2n) is 5.09. The molecule has 1 N–H and O–H groups in total. The lowest BCUT2D eigenvalue weighted by atomic mass is 10.1. The van der Waals surface area contributed by atoms with Crippen LogP contribution in [0.2, 0.25) is 0 Å². The van der Waals surface area contributed by atoms with Crippen molar-refractivity contribution in [2.24, 2.45) is 0 Å². The first-order chi connectivity index (χ1) is 10.5. The Kier molecular flexibility index (Phi) is 7.77. The number of methoxy groups -OCH3 is 1. The summed E-state index contributed by atoms with van der Waals surface area (Å²) in [5, 5.41) is 2.51. The molecule has 3 nitrogen and oxygen atoms in total. The highest BCUT2D eigenvalue weighted by atomic mass is 19.2. The van der Waals surface area contributed by atoms with E-state index in [2.05, 4.69) is 17.0 Å². The molecule has 0 heterocycles. The third-order valence-electron chi connectivity index (χ3n) is 3.38. The van der Waals surface area contributed by atoms with E-state index >= 15 is 0 Å². The van der Waals surface area contributed by atoms with Gasteiger partial charge in [-0.3, -0.25) is 4.79 Å². The summed E-state index contributed by atoms with van der Waals surface area (Å²) >= 11 is 0. The second-order valence-corrected chi connectivity index (χ2v) is 5.09. The SMILES string of the molecule is CCCCCCCCNC(=O)c1cc(F)c(F)c(OC)c1F. The number of hydrogen-bond donors (Lipinski definition) is 1. The van der Waals surface area contributed by atoms with Crippen LogP contribution in [0.25, 0.3) is 0 Å². The van der Waals surface area contributed by atoms with Gasteiger partial charge in [0.15, 0.2) is 17.4 Å². The maximum Gasteiger partial charge on any atom is 0.254 e. The highest BCUT2D eigenvalue weighted by Gasteiger charge is 2.23. The molecule has 1 rings (SSSR count). The summed E-state index contributed by atoms with van der Waals surface area (Å²) in [7, 11) is 1.01. The molecule has 124 valence electrons. The van der Waals surface area contributed by atoms with Gasteiger partial charge in [-0.15, -0.1) is 0 Å². The van der Waals surface area contributed by atoms with Crippen LogP contribution in [0.3, 0.4) is 0 Å². The summed E-state index contributed by atoms with van der Waals surface area (Å²) in [6.45, 7) is 2.50. The van der Waals surface area contributed by atoms with E-state index in [0.717, 1.165) is 39.2 Å². The van der Waals surface area contributed by atoms with Gasteiger partial charge in [0, 0.05) is 6.54 Å². The lowest BCUT2D eigenvalue weighted by Gasteiger charge is -2.10. The summed E-state index contributed by atoms with van der Waals surface area (Å²) < 4.78 is 45.0.